The SMILES string of the molecule is CCS(=O)c1cn[nH]c1-c1c(Cl)cc(C(F)(F)F)cc1Cl. The maximum Gasteiger partial charge on any atom is 0.416 e. The summed E-state index contributed by atoms with van der Waals surface area (Å²) in [4.78, 5) is 0.348. The Morgan fingerprint density at radius 3 is 2.33 bits per heavy atom. The molecular formula is C12H9Cl2F3N2OS. The molecule has 0 saturated carbocycles. The summed E-state index contributed by atoms with van der Waals surface area (Å²) >= 11 is 11.8. The highest BCUT2D eigenvalue weighted by Gasteiger charge is 2.32. The lowest BCUT2D eigenvalue weighted by Crippen LogP contribution is -2.05. The van der Waals surface area contributed by atoms with Crippen molar-refractivity contribution in [3.63, 3.8) is 0 Å². The minimum atomic E-state index is -4.55. The second-order valence-electron chi connectivity index (χ2n) is 4.06. The normalized spacial score (nSPS) is 13.4. The van der Waals surface area contributed by atoms with Crippen molar-refractivity contribution in [1.29, 1.82) is 0 Å². The molecule has 0 aliphatic rings. The van der Waals surface area contributed by atoms with Gasteiger partial charge in [0.2, 0.25) is 0 Å². The molecule has 0 radical (unpaired) electrons. The van der Waals surface area contributed by atoms with Crippen molar-refractivity contribution in [1.82, 2.24) is 10.2 Å². The van der Waals surface area contributed by atoms with Crippen LogP contribution in [0.15, 0.2) is 23.2 Å². The van der Waals surface area contributed by atoms with Gasteiger partial charge >= 0.3 is 6.18 Å². The third-order valence-corrected chi connectivity index (χ3v) is 4.65. The monoisotopic (exact) mass is 356 g/mol. The van der Waals surface area contributed by atoms with Crippen molar-refractivity contribution >= 4 is 34.0 Å². The van der Waals surface area contributed by atoms with Crippen LogP contribution >= 0.6 is 23.2 Å². The van der Waals surface area contributed by atoms with E-state index in [1.54, 1.807) is 6.92 Å². The number of hydrogen-bond acceptors (Lipinski definition) is 2. The predicted molar refractivity (Wildman–Crippen MR) is 76.0 cm³/mol. The van der Waals surface area contributed by atoms with Gasteiger partial charge in [-0.05, 0) is 12.1 Å². The zero-order valence-corrected chi connectivity index (χ0v) is 12.9. The fraction of sp³-hybridized carbons (Fsp3) is 0.250. The van der Waals surface area contributed by atoms with Crippen LogP contribution in [0.25, 0.3) is 11.3 Å². The van der Waals surface area contributed by atoms with Crippen LogP contribution in [0.4, 0.5) is 13.2 Å². The molecule has 0 fully saturated rings. The second-order valence-corrected chi connectivity index (χ2v) is 6.58. The summed E-state index contributed by atoms with van der Waals surface area (Å²) in [5, 5.41) is 5.97. The maximum absolute atomic E-state index is 12.7. The minimum Gasteiger partial charge on any atom is -0.276 e. The molecule has 1 N–H and O–H groups in total. The van der Waals surface area contributed by atoms with Gasteiger partial charge in [0.1, 0.15) is 0 Å². The van der Waals surface area contributed by atoms with E-state index in [0.29, 0.717) is 10.6 Å². The van der Waals surface area contributed by atoms with Crippen LogP contribution in [-0.4, -0.2) is 20.2 Å². The van der Waals surface area contributed by atoms with Crippen molar-refractivity contribution in [3.8, 4) is 11.3 Å². The molecule has 1 aromatic carbocycles. The summed E-state index contributed by atoms with van der Waals surface area (Å²) in [6.07, 6.45) is -3.20. The zero-order chi connectivity index (χ0) is 15.8. The molecule has 1 heterocycles. The summed E-state index contributed by atoms with van der Waals surface area (Å²) in [5.74, 6) is 0.336. The number of alkyl halides is 3. The van der Waals surface area contributed by atoms with Crippen LogP contribution in [-0.2, 0) is 17.0 Å². The first kappa shape index (κ1) is 16.3. The number of benzene rings is 1. The molecule has 0 amide bonds. The van der Waals surface area contributed by atoms with E-state index in [1.807, 2.05) is 0 Å². The van der Waals surface area contributed by atoms with Crippen LogP contribution in [0.3, 0.4) is 0 Å². The van der Waals surface area contributed by atoms with Crippen molar-refractivity contribution < 1.29 is 17.4 Å². The predicted octanol–water partition coefficient (Wildman–Crippen LogP) is 4.53. The smallest absolute Gasteiger partial charge is 0.276 e. The van der Waals surface area contributed by atoms with Gasteiger partial charge in [-0.2, -0.15) is 18.3 Å². The first-order valence-electron chi connectivity index (χ1n) is 5.74. The first-order chi connectivity index (χ1) is 9.75. The van der Waals surface area contributed by atoms with Crippen LogP contribution in [0, 0.1) is 0 Å². The molecule has 114 valence electrons. The molecule has 0 aliphatic carbocycles. The fourth-order valence-electron chi connectivity index (χ4n) is 1.76. The molecule has 1 aromatic heterocycles. The average molecular weight is 357 g/mol. The Labute approximate surface area is 130 Å². The van der Waals surface area contributed by atoms with Gasteiger partial charge in [0, 0.05) is 11.3 Å². The van der Waals surface area contributed by atoms with Gasteiger partial charge in [-0.15, -0.1) is 0 Å². The zero-order valence-electron chi connectivity index (χ0n) is 10.6. The number of nitrogens with zero attached hydrogens (tertiary/aromatic N) is 1. The van der Waals surface area contributed by atoms with E-state index in [2.05, 4.69) is 10.2 Å². The first-order valence-corrected chi connectivity index (χ1v) is 7.81. The van der Waals surface area contributed by atoms with Gasteiger partial charge in [0.25, 0.3) is 0 Å². The molecular weight excluding hydrogens is 348 g/mol. The second kappa shape index (κ2) is 5.98. The maximum atomic E-state index is 12.7. The van der Waals surface area contributed by atoms with Gasteiger partial charge in [-0.25, -0.2) is 0 Å². The fourth-order valence-corrected chi connectivity index (χ4v) is 3.29. The summed E-state index contributed by atoms with van der Waals surface area (Å²) in [6, 6.07) is 1.56. The number of H-pyrrole nitrogens is 1. The molecule has 0 spiro atoms. The number of nitrogens with one attached hydrogen (secondary N) is 1. The van der Waals surface area contributed by atoms with Gasteiger partial charge in [-0.3, -0.25) is 9.31 Å². The molecule has 21 heavy (non-hydrogen) atoms. The highest BCUT2D eigenvalue weighted by atomic mass is 35.5. The van der Waals surface area contributed by atoms with Crippen LogP contribution in [0.1, 0.15) is 12.5 Å². The molecule has 0 bridgehead atoms. The van der Waals surface area contributed by atoms with Crippen molar-refractivity contribution in [2.24, 2.45) is 0 Å². The molecule has 1 unspecified atom stereocenters. The van der Waals surface area contributed by atoms with Gasteiger partial charge in [0.15, 0.2) is 0 Å². The van der Waals surface area contributed by atoms with Gasteiger partial charge in [-0.1, -0.05) is 30.1 Å². The Kier molecular flexibility index (Phi) is 4.65. The van der Waals surface area contributed by atoms with Gasteiger partial charge < -0.3 is 0 Å². The average Bonchev–Trinajstić information content (AvgIpc) is 2.85. The Morgan fingerprint density at radius 1 is 1.29 bits per heavy atom. The highest BCUT2D eigenvalue weighted by molar-refractivity contribution is 7.85. The van der Waals surface area contributed by atoms with Gasteiger partial charge in [0.05, 0.1) is 43.2 Å². The lowest BCUT2D eigenvalue weighted by atomic mass is 10.1. The number of aromatic nitrogens is 2. The number of aromatic amines is 1. The van der Waals surface area contributed by atoms with E-state index >= 15 is 0 Å². The Balaban J connectivity index is 2.61. The molecule has 2 aromatic rings. The van der Waals surface area contributed by atoms with E-state index in [1.165, 1.54) is 6.20 Å². The minimum absolute atomic E-state index is 0.153. The third-order valence-electron chi connectivity index (χ3n) is 2.73. The lowest BCUT2D eigenvalue weighted by molar-refractivity contribution is -0.137. The molecule has 1 atom stereocenters. The summed E-state index contributed by atoms with van der Waals surface area (Å²) < 4.78 is 50.0. The van der Waals surface area contributed by atoms with E-state index < -0.39 is 22.5 Å². The molecule has 0 saturated heterocycles. The molecule has 2 rings (SSSR count). The molecule has 0 aliphatic heterocycles. The van der Waals surface area contributed by atoms with E-state index in [0.717, 1.165) is 12.1 Å². The largest absolute Gasteiger partial charge is 0.416 e. The Bertz CT molecular complexity index is 677. The standard InChI is InChI=1S/C12H9Cl2F3N2OS/c1-2-21(20)9-5-18-19-11(9)10-7(13)3-6(4-8(10)14)12(15,16)17/h3-5H,2H2,1H3,(H,18,19). The van der Waals surface area contributed by atoms with E-state index in [-0.39, 0.29) is 21.3 Å². The third kappa shape index (κ3) is 3.25. The summed E-state index contributed by atoms with van der Waals surface area (Å²) in [7, 11) is -1.34. The Morgan fingerprint density at radius 2 is 1.86 bits per heavy atom. The van der Waals surface area contributed by atoms with Crippen LogP contribution in [0.2, 0.25) is 10.0 Å². The number of hydrogen-bond donors (Lipinski definition) is 1. The topological polar surface area (TPSA) is 45.8 Å². The Hall–Kier alpha value is -1.05. The summed E-state index contributed by atoms with van der Waals surface area (Å²) in [6.45, 7) is 1.71. The van der Waals surface area contributed by atoms with E-state index in [9.17, 15) is 17.4 Å². The quantitative estimate of drug-likeness (QED) is 0.877. The van der Waals surface area contributed by atoms with Crippen molar-refractivity contribution in [2.45, 2.75) is 18.0 Å². The van der Waals surface area contributed by atoms with E-state index in [4.69, 9.17) is 23.2 Å². The van der Waals surface area contributed by atoms with Crippen molar-refractivity contribution in [2.75, 3.05) is 5.75 Å². The van der Waals surface area contributed by atoms with Crippen LogP contribution in [0.5, 0.6) is 0 Å². The molecule has 9 heteroatoms. The van der Waals surface area contributed by atoms with Crippen molar-refractivity contribution in [3.05, 3.63) is 33.9 Å². The lowest BCUT2D eigenvalue weighted by Gasteiger charge is -2.12. The molecule has 3 nitrogen and oxygen atoms in total. The summed E-state index contributed by atoms with van der Waals surface area (Å²) in [5.41, 5.74) is -0.529. The highest BCUT2D eigenvalue weighted by Crippen LogP contribution is 2.41. The number of rotatable bonds is 3. The number of halogens is 5. The van der Waals surface area contributed by atoms with Crippen LogP contribution < -0.4 is 0 Å².